The molecule has 4 rings (SSSR count). The molecule has 6 heteroatoms. The largest absolute Gasteiger partial charge is 0.337 e. The van der Waals surface area contributed by atoms with Gasteiger partial charge in [-0.15, -0.1) is 0 Å². The van der Waals surface area contributed by atoms with Gasteiger partial charge < -0.3 is 9.80 Å². The van der Waals surface area contributed by atoms with E-state index in [1.807, 2.05) is 18.2 Å². The van der Waals surface area contributed by atoms with Crippen molar-refractivity contribution in [1.29, 1.82) is 0 Å². The Bertz CT molecular complexity index is 864. The second-order valence-electron chi connectivity index (χ2n) is 6.74. The molecule has 134 valence electrons. The number of carbonyl (C=O) groups excluding carboxylic acids is 2. The zero-order valence-corrected chi connectivity index (χ0v) is 14.1. The van der Waals surface area contributed by atoms with E-state index in [0.29, 0.717) is 19.5 Å². The maximum Gasteiger partial charge on any atom is 0.239 e. The molecule has 1 fully saturated rings. The zero-order valence-electron chi connectivity index (χ0n) is 14.1. The summed E-state index contributed by atoms with van der Waals surface area (Å²) in [5.74, 6) is -2.86. The van der Waals surface area contributed by atoms with Crippen molar-refractivity contribution in [2.75, 3.05) is 18.0 Å². The van der Waals surface area contributed by atoms with Crippen LogP contribution < -0.4 is 4.90 Å². The first-order valence-corrected chi connectivity index (χ1v) is 8.66. The van der Waals surface area contributed by atoms with Crippen LogP contribution in [-0.4, -0.2) is 29.8 Å². The summed E-state index contributed by atoms with van der Waals surface area (Å²) >= 11 is 0. The van der Waals surface area contributed by atoms with Crippen molar-refractivity contribution in [3.8, 4) is 0 Å². The maximum atomic E-state index is 13.4. The summed E-state index contributed by atoms with van der Waals surface area (Å²) in [7, 11) is 0. The lowest BCUT2D eigenvalue weighted by Crippen LogP contribution is -2.42. The number of carbonyl (C=O) groups is 2. The lowest BCUT2D eigenvalue weighted by atomic mass is 9.98. The Morgan fingerprint density at radius 1 is 1.00 bits per heavy atom. The Balaban J connectivity index is 1.51. The van der Waals surface area contributed by atoms with Crippen molar-refractivity contribution in [2.24, 2.45) is 5.92 Å². The third-order valence-electron chi connectivity index (χ3n) is 5.10. The quantitative estimate of drug-likeness (QED) is 0.777. The number of rotatable bonds is 2. The highest BCUT2D eigenvalue weighted by Gasteiger charge is 2.40. The molecular formula is C20H18F2N2O2. The molecule has 4 nitrogen and oxygen atoms in total. The molecule has 2 aliphatic heterocycles. The molecule has 2 amide bonds. The molecule has 0 aromatic heterocycles. The maximum absolute atomic E-state index is 13.4. The standard InChI is InChI=1S/C20H18F2N2O2/c21-15-9-16(22)11-17(10-15)24-8-6-18(20(24)26)19(25)23-7-5-13-3-1-2-4-14(13)12-23/h1-4,9-11,18H,5-8,12H2. The van der Waals surface area contributed by atoms with Gasteiger partial charge in [0.2, 0.25) is 11.8 Å². The van der Waals surface area contributed by atoms with Crippen molar-refractivity contribution in [3.63, 3.8) is 0 Å². The minimum absolute atomic E-state index is 0.159. The van der Waals surface area contributed by atoms with Crippen molar-refractivity contribution in [1.82, 2.24) is 4.90 Å². The third-order valence-corrected chi connectivity index (χ3v) is 5.10. The Kier molecular flexibility index (Phi) is 4.18. The van der Waals surface area contributed by atoms with Crippen LogP contribution >= 0.6 is 0 Å². The fourth-order valence-electron chi connectivity index (χ4n) is 3.76. The number of hydrogen-bond donors (Lipinski definition) is 0. The van der Waals surface area contributed by atoms with Gasteiger partial charge in [-0.3, -0.25) is 9.59 Å². The van der Waals surface area contributed by atoms with Gasteiger partial charge in [-0.1, -0.05) is 24.3 Å². The average Bonchev–Trinajstić information content (AvgIpc) is 3.01. The Morgan fingerprint density at radius 2 is 1.69 bits per heavy atom. The van der Waals surface area contributed by atoms with E-state index in [1.54, 1.807) is 4.90 Å². The van der Waals surface area contributed by atoms with Crippen LogP contribution in [0.4, 0.5) is 14.5 Å². The molecule has 2 heterocycles. The van der Waals surface area contributed by atoms with Crippen molar-refractivity contribution in [3.05, 3.63) is 65.2 Å². The number of fused-ring (bicyclic) bond motifs is 1. The molecule has 0 bridgehead atoms. The molecule has 0 aliphatic carbocycles. The lowest BCUT2D eigenvalue weighted by Gasteiger charge is -2.30. The van der Waals surface area contributed by atoms with Gasteiger partial charge in [0.1, 0.15) is 17.6 Å². The topological polar surface area (TPSA) is 40.6 Å². The molecule has 0 N–H and O–H groups in total. The van der Waals surface area contributed by atoms with Gasteiger partial charge in [-0.2, -0.15) is 0 Å². The minimum Gasteiger partial charge on any atom is -0.337 e. The molecular weight excluding hydrogens is 338 g/mol. The van der Waals surface area contributed by atoms with E-state index in [0.717, 1.165) is 30.2 Å². The van der Waals surface area contributed by atoms with Crippen LogP contribution in [-0.2, 0) is 22.6 Å². The highest BCUT2D eigenvalue weighted by Crippen LogP contribution is 2.29. The fraction of sp³-hybridized carbons (Fsp3) is 0.300. The zero-order chi connectivity index (χ0) is 18.3. The number of anilines is 1. The molecule has 1 unspecified atom stereocenters. The Labute approximate surface area is 150 Å². The van der Waals surface area contributed by atoms with Crippen molar-refractivity contribution >= 4 is 17.5 Å². The van der Waals surface area contributed by atoms with E-state index in [2.05, 4.69) is 6.07 Å². The first-order valence-electron chi connectivity index (χ1n) is 8.66. The second kappa shape index (κ2) is 6.52. The van der Waals surface area contributed by atoms with Gasteiger partial charge in [0, 0.05) is 31.4 Å². The summed E-state index contributed by atoms with van der Waals surface area (Å²) in [4.78, 5) is 28.6. The summed E-state index contributed by atoms with van der Waals surface area (Å²) in [5.41, 5.74) is 2.49. The van der Waals surface area contributed by atoms with Gasteiger partial charge in [-0.25, -0.2) is 8.78 Å². The summed E-state index contributed by atoms with van der Waals surface area (Å²) in [6.45, 7) is 1.35. The van der Waals surface area contributed by atoms with Gasteiger partial charge in [0.25, 0.3) is 0 Å². The first kappa shape index (κ1) is 16.7. The highest BCUT2D eigenvalue weighted by atomic mass is 19.1. The first-order chi connectivity index (χ1) is 12.5. The van der Waals surface area contributed by atoms with E-state index in [-0.39, 0.29) is 24.0 Å². The van der Waals surface area contributed by atoms with E-state index >= 15 is 0 Å². The predicted octanol–water partition coefficient (Wildman–Crippen LogP) is 2.90. The number of hydrogen-bond acceptors (Lipinski definition) is 2. The van der Waals surface area contributed by atoms with Crippen LogP contribution in [0.25, 0.3) is 0 Å². The number of benzene rings is 2. The van der Waals surface area contributed by atoms with Gasteiger partial charge >= 0.3 is 0 Å². The fourth-order valence-corrected chi connectivity index (χ4v) is 3.76. The summed E-state index contributed by atoms with van der Waals surface area (Å²) in [6.07, 6.45) is 1.12. The predicted molar refractivity (Wildman–Crippen MR) is 92.4 cm³/mol. The molecule has 26 heavy (non-hydrogen) atoms. The monoisotopic (exact) mass is 356 g/mol. The second-order valence-corrected chi connectivity index (χ2v) is 6.74. The van der Waals surface area contributed by atoms with E-state index < -0.39 is 17.6 Å². The SMILES string of the molecule is O=C(C1CCN(c2cc(F)cc(F)c2)C1=O)N1CCc2ccccc2C1. The van der Waals surface area contributed by atoms with Crippen molar-refractivity contribution in [2.45, 2.75) is 19.4 Å². The molecule has 2 aliphatic rings. The van der Waals surface area contributed by atoms with Crippen LogP contribution in [0.2, 0.25) is 0 Å². The molecule has 1 atom stereocenters. The third kappa shape index (κ3) is 2.96. The highest BCUT2D eigenvalue weighted by molar-refractivity contribution is 6.09. The van der Waals surface area contributed by atoms with Crippen LogP contribution in [0.5, 0.6) is 0 Å². The van der Waals surface area contributed by atoms with Crippen LogP contribution in [0.1, 0.15) is 17.5 Å². The molecule has 2 aromatic carbocycles. The van der Waals surface area contributed by atoms with Gasteiger partial charge in [0.05, 0.1) is 0 Å². The van der Waals surface area contributed by atoms with E-state index in [4.69, 9.17) is 0 Å². The normalized spacial score (nSPS) is 19.6. The van der Waals surface area contributed by atoms with Crippen LogP contribution in [0.3, 0.4) is 0 Å². The number of halogens is 2. The average molecular weight is 356 g/mol. The van der Waals surface area contributed by atoms with E-state index in [9.17, 15) is 18.4 Å². The lowest BCUT2D eigenvalue weighted by molar-refractivity contribution is -0.140. The molecule has 0 spiro atoms. The molecule has 2 aromatic rings. The van der Waals surface area contributed by atoms with Crippen LogP contribution in [0, 0.1) is 17.6 Å². The van der Waals surface area contributed by atoms with Gasteiger partial charge in [0.15, 0.2) is 0 Å². The van der Waals surface area contributed by atoms with Gasteiger partial charge in [-0.05, 0) is 36.1 Å². The molecule has 0 saturated carbocycles. The Morgan fingerprint density at radius 3 is 2.42 bits per heavy atom. The smallest absolute Gasteiger partial charge is 0.239 e. The summed E-state index contributed by atoms with van der Waals surface area (Å²) < 4.78 is 26.9. The van der Waals surface area contributed by atoms with E-state index in [1.165, 1.54) is 10.5 Å². The van der Waals surface area contributed by atoms with Crippen LogP contribution in [0.15, 0.2) is 42.5 Å². The summed E-state index contributed by atoms with van der Waals surface area (Å²) in [5, 5.41) is 0. The van der Waals surface area contributed by atoms with Crippen molar-refractivity contribution < 1.29 is 18.4 Å². The minimum atomic E-state index is -0.786. The number of nitrogens with zero attached hydrogens (tertiary/aromatic N) is 2. The number of amides is 2. The molecule has 0 radical (unpaired) electrons. The molecule has 1 saturated heterocycles. The summed E-state index contributed by atoms with van der Waals surface area (Å²) in [6, 6.07) is 11.0. The Hall–Kier alpha value is -2.76.